The SMILES string of the molecule is CC1(C(N)=O)CCN(C(=O)C2(C(N)=NO)CCC2)C1. The maximum atomic E-state index is 12.6. The highest BCUT2D eigenvalue weighted by molar-refractivity contribution is 6.07. The summed E-state index contributed by atoms with van der Waals surface area (Å²) in [5.41, 5.74) is 9.49. The van der Waals surface area contributed by atoms with Crippen LogP contribution in [-0.4, -0.2) is 40.8 Å². The summed E-state index contributed by atoms with van der Waals surface area (Å²) in [4.78, 5) is 25.6. The van der Waals surface area contributed by atoms with E-state index in [0.717, 1.165) is 6.42 Å². The lowest BCUT2D eigenvalue weighted by Crippen LogP contribution is -2.55. The molecule has 0 radical (unpaired) electrons. The summed E-state index contributed by atoms with van der Waals surface area (Å²) in [6, 6.07) is 0. The van der Waals surface area contributed by atoms with Crippen LogP contribution in [0, 0.1) is 10.8 Å². The second-order valence-corrected chi connectivity index (χ2v) is 5.82. The summed E-state index contributed by atoms with van der Waals surface area (Å²) in [6.07, 6.45) is 2.61. The summed E-state index contributed by atoms with van der Waals surface area (Å²) in [5.74, 6) is -0.579. The summed E-state index contributed by atoms with van der Waals surface area (Å²) >= 11 is 0. The van der Waals surface area contributed by atoms with Gasteiger partial charge >= 0.3 is 0 Å². The van der Waals surface area contributed by atoms with Crippen molar-refractivity contribution in [3.63, 3.8) is 0 Å². The van der Waals surface area contributed by atoms with Crippen LogP contribution in [0.25, 0.3) is 0 Å². The highest BCUT2D eigenvalue weighted by Gasteiger charge is 2.53. The van der Waals surface area contributed by atoms with E-state index in [1.54, 1.807) is 11.8 Å². The molecule has 0 bridgehead atoms. The van der Waals surface area contributed by atoms with E-state index in [9.17, 15) is 9.59 Å². The molecule has 19 heavy (non-hydrogen) atoms. The van der Waals surface area contributed by atoms with Gasteiger partial charge < -0.3 is 21.6 Å². The number of carbonyl (C=O) groups excluding carboxylic acids is 2. The number of hydrogen-bond acceptors (Lipinski definition) is 4. The molecule has 1 unspecified atom stereocenters. The Hall–Kier alpha value is -1.79. The monoisotopic (exact) mass is 268 g/mol. The maximum Gasteiger partial charge on any atom is 0.236 e. The Balaban J connectivity index is 2.16. The molecule has 7 heteroatoms. The standard InChI is InChI=1S/C12H20N4O3/c1-11(9(14)17)5-6-16(7-11)10(18)12(3-2-4-12)8(13)15-19/h19H,2-7H2,1H3,(H2,13,15)(H2,14,17). The Morgan fingerprint density at radius 2 is 1.89 bits per heavy atom. The number of nitrogens with zero attached hydrogens (tertiary/aromatic N) is 2. The molecule has 0 spiro atoms. The lowest BCUT2D eigenvalue weighted by atomic mass is 9.67. The van der Waals surface area contributed by atoms with Crippen molar-refractivity contribution in [2.45, 2.75) is 32.6 Å². The van der Waals surface area contributed by atoms with Crippen LogP contribution in [0.1, 0.15) is 32.6 Å². The van der Waals surface area contributed by atoms with Crippen LogP contribution in [0.15, 0.2) is 5.16 Å². The van der Waals surface area contributed by atoms with Crippen LogP contribution in [-0.2, 0) is 9.59 Å². The number of amidine groups is 1. The van der Waals surface area contributed by atoms with Gasteiger partial charge in [0.1, 0.15) is 5.41 Å². The number of oxime groups is 1. The van der Waals surface area contributed by atoms with E-state index < -0.39 is 16.7 Å². The van der Waals surface area contributed by atoms with Crippen molar-refractivity contribution in [1.82, 2.24) is 4.90 Å². The van der Waals surface area contributed by atoms with E-state index in [2.05, 4.69) is 5.16 Å². The van der Waals surface area contributed by atoms with Crippen LogP contribution in [0.2, 0.25) is 0 Å². The van der Waals surface area contributed by atoms with Crippen LogP contribution >= 0.6 is 0 Å². The van der Waals surface area contributed by atoms with Crippen LogP contribution in [0.5, 0.6) is 0 Å². The van der Waals surface area contributed by atoms with Gasteiger partial charge in [0.15, 0.2) is 5.84 Å². The molecule has 106 valence electrons. The zero-order valence-corrected chi connectivity index (χ0v) is 11.1. The average molecular weight is 268 g/mol. The van der Waals surface area contributed by atoms with Gasteiger partial charge in [0, 0.05) is 13.1 Å². The number of amides is 2. The highest BCUT2D eigenvalue weighted by Crippen LogP contribution is 2.44. The fraction of sp³-hybridized carbons (Fsp3) is 0.750. The van der Waals surface area contributed by atoms with Gasteiger partial charge in [-0.15, -0.1) is 0 Å². The molecular weight excluding hydrogens is 248 g/mol. The van der Waals surface area contributed by atoms with E-state index >= 15 is 0 Å². The minimum atomic E-state index is -0.877. The van der Waals surface area contributed by atoms with Crippen molar-refractivity contribution in [2.75, 3.05) is 13.1 Å². The molecule has 1 saturated heterocycles. The largest absolute Gasteiger partial charge is 0.409 e. The molecule has 2 amide bonds. The molecule has 1 saturated carbocycles. The first kappa shape index (κ1) is 13.6. The third-order valence-electron chi connectivity index (χ3n) is 4.57. The van der Waals surface area contributed by atoms with Gasteiger partial charge in [-0.05, 0) is 26.2 Å². The molecule has 5 N–H and O–H groups in total. The predicted molar refractivity (Wildman–Crippen MR) is 68.2 cm³/mol. The Morgan fingerprint density at radius 3 is 2.26 bits per heavy atom. The fourth-order valence-electron chi connectivity index (χ4n) is 2.84. The molecule has 0 aromatic carbocycles. The topological polar surface area (TPSA) is 122 Å². The maximum absolute atomic E-state index is 12.6. The second-order valence-electron chi connectivity index (χ2n) is 5.82. The first-order valence-electron chi connectivity index (χ1n) is 6.43. The first-order chi connectivity index (χ1) is 8.85. The quantitative estimate of drug-likeness (QED) is 0.279. The molecule has 2 aliphatic rings. The van der Waals surface area contributed by atoms with Crippen molar-refractivity contribution < 1.29 is 14.8 Å². The number of hydrogen-bond donors (Lipinski definition) is 3. The molecule has 1 heterocycles. The Labute approximate surface area is 111 Å². The normalized spacial score (nSPS) is 29.9. The third kappa shape index (κ3) is 1.93. The zero-order valence-electron chi connectivity index (χ0n) is 11.1. The average Bonchev–Trinajstić information content (AvgIpc) is 2.71. The van der Waals surface area contributed by atoms with Gasteiger partial charge in [0.25, 0.3) is 0 Å². The minimum absolute atomic E-state index is 0.0311. The van der Waals surface area contributed by atoms with Crippen molar-refractivity contribution in [1.29, 1.82) is 0 Å². The molecule has 1 atom stereocenters. The van der Waals surface area contributed by atoms with E-state index in [1.165, 1.54) is 0 Å². The van der Waals surface area contributed by atoms with Gasteiger partial charge in [-0.25, -0.2) is 0 Å². The van der Waals surface area contributed by atoms with Gasteiger partial charge in [-0.2, -0.15) is 0 Å². The van der Waals surface area contributed by atoms with E-state index in [4.69, 9.17) is 16.7 Å². The number of rotatable bonds is 3. The zero-order chi connectivity index (χ0) is 14.3. The molecule has 0 aromatic rings. The fourth-order valence-corrected chi connectivity index (χ4v) is 2.84. The van der Waals surface area contributed by atoms with Crippen LogP contribution in [0.3, 0.4) is 0 Å². The van der Waals surface area contributed by atoms with Gasteiger partial charge in [-0.1, -0.05) is 11.6 Å². The van der Waals surface area contributed by atoms with Crippen molar-refractivity contribution in [3.8, 4) is 0 Å². The number of nitrogens with two attached hydrogens (primary N) is 2. The van der Waals surface area contributed by atoms with Crippen molar-refractivity contribution in [3.05, 3.63) is 0 Å². The highest BCUT2D eigenvalue weighted by atomic mass is 16.4. The Bertz CT molecular complexity index is 444. The van der Waals surface area contributed by atoms with Gasteiger partial charge in [-0.3, -0.25) is 9.59 Å². The predicted octanol–water partition coefficient (Wildman–Crippen LogP) is -0.373. The molecule has 0 aromatic heterocycles. The van der Waals surface area contributed by atoms with Crippen LogP contribution < -0.4 is 11.5 Å². The number of primary amides is 1. The molecule has 2 rings (SSSR count). The summed E-state index contributed by atoms with van der Waals surface area (Å²) in [5, 5.41) is 11.8. The van der Waals surface area contributed by atoms with Crippen molar-refractivity contribution >= 4 is 17.6 Å². The molecule has 2 fully saturated rings. The molecular formula is C12H20N4O3. The lowest BCUT2D eigenvalue weighted by molar-refractivity contribution is -0.141. The van der Waals surface area contributed by atoms with Crippen molar-refractivity contribution in [2.24, 2.45) is 27.5 Å². The Kier molecular flexibility index (Phi) is 3.15. The molecule has 1 aliphatic carbocycles. The third-order valence-corrected chi connectivity index (χ3v) is 4.57. The minimum Gasteiger partial charge on any atom is -0.409 e. The summed E-state index contributed by atoms with van der Waals surface area (Å²) < 4.78 is 0. The van der Waals surface area contributed by atoms with Crippen LogP contribution in [0.4, 0.5) is 0 Å². The molecule has 1 aliphatic heterocycles. The molecule has 7 nitrogen and oxygen atoms in total. The Morgan fingerprint density at radius 1 is 1.26 bits per heavy atom. The number of carbonyl (C=O) groups is 2. The van der Waals surface area contributed by atoms with Gasteiger partial charge in [0.05, 0.1) is 5.41 Å². The van der Waals surface area contributed by atoms with E-state index in [-0.39, 0.29) is 11.7 Å². The smallest absolute Gasteiger partial charge is 0.236 e. The summed E-state index contributed by atoms with van der Waals surface area (Å²) in [6.45, 7) is 2.56. The van der Waals surface area contributed by atoms with E-state index in [0.29, 0.717) is 32.4 Å². The van der Waals surface area contributed by atoms with E-state index in [1.807, 2.05) is 0 Å². The lowest BCUT2D eigenvalue weighted by Gasteiger charge is -2.41. The number of likely N-dealkylation sites (tertiary alicyclic amines) is 1. The second kappa shape index (κ2) is 4.40. The summed E-state index contributed by atoms with van der Waals surface area (Å²) in [7, 11) is 0. The van der Waals surface area contributed by atoms with Gasteiger partial charge in [0.2, 0.25) is 11.8 Å². The first-order valence-corrected chi connectivity index (χ1v) is 6.43.